The summed E-state index contributed by atoms with van der Waals surface area (Å²) in [5.41, 5.74) is -0.0985. The first-order valence-electron chi connectivity index (χ1n) is 9.45. The minimum absolute atomic E-state index is 0.202. The van der Waals surface area contributed by atoms with Gasteiger partial charge in [-0.15, -0.1) is 11.3 Å². The monoisotopic (exact) mass is 410 g/mol. The van der Waals surface area contributed by atoms with Crippen LogP contribution in [0.3, 0.4) is 0 Å². The highest BCUT2D eigenvalue weighted by atomic mass is 32.1. The summed E-state index contributed by atoms with van der Waals surface area (Å²) in [4.78, 5) is 6.87. The van der Waals surface area contributed by atoms with Gasteiger partial charge in [-0.05, 0) is 55.0 Å². The third-order valence-electron chi connectivity index (χ3n) is 4.67. The molecular formula is C20H25F3N4S. The van der Waals surface area contributed by atoms with E-state index in [9.17, 15) is 13.2 Å². The number of halogens is 3. The lowest BCUT2D eigenvalue weighted by molar-refractivity contribution is -0.137. The van der Waals surface area contributed by atoms with Gasteiger partial charge >= 0.3 is 6.18 Å². The van der Waals surface area contributed by atoms with Crippen LogP contribution in [0.5, 0.6) is 0 Å². The molecule has 1 aromatic carbocycles. The van der Waals surface area contributed by atoms with Crippen molar-refractivity contribution in [3.63, 3.8) is 0 Å². The van der Waals surface area contributed by atoms with Crippen molar-refractivity contribution in [3.05, 3.63) is 52.9 Å². The standard InChI is InChI=1S/C20H25F3N4S/c1-2-24-19(25-14-15-5-3-6-16(13-15)20(21,22)23)26-17-8-10-27(11-9-17)18-7-4-12-28-18/h3-7,12-13,17H,2,8-11,14H2,1H3,(H2,24,25,26). The third kappa shape index (κ3) is 5.64. The lowest BCUT2D eigenvalue weighted by Gasteiger charge is -2.33. The molecule has 0 radical (unpaired) electrons. The van der Waals surface area contributed by atoms with E-state index in [1.165, 1.54) is 11.1 Å². The summed E-state index contributed by atoms with van der Waals surface area (Å²) < 4.78 is 38.6. The number of alkyl halides is 3. The minimum Gasteiger partial charge on any atom is -0.363 e. The number of thiophene rings is 1. The molecule has 2 aromatic rings. The van der Waals surface area contributed by atoms with Crippen molar-refractivity contribution < 1.29 is 13.2 Å². The van der Waals surface area contributed by atoms with Gasteiger partial charge in [0.15, 0.2) is 5.96 Å². The van der Waals surface area contributed by atoms with Crippen molar-refractivity contribution >= 4 is 22.3 Å². The number of anilines is 1. The number of nitrogens with zero attached hydrogens (tertiary/aromatic N) is 2. The molecule has 0 amide bonds. The lowest BCUT2D eigenvalue weighted by Crippen LogP contribution is -2.48. The molecule has 2 heterocycles. The van der Waals surface area contributed by atoms with E-state index < -0.39 is 11.7 Å². The van der Waals surface area contributed by atoms with Crippen LogP contribution in [-0.2, 0) is 12.7 Å². The first-order chi connectivity index (χ1) is 13.5. The number of aliphatic imine (C=N–C) groups is 1. The first kappa shape index (κ1) is 20.5. The van der Waals surface area contributed by atoms with E-state index in [-0.39, 0.29) is 6.54 Å². The summed E-state index contributed by atoms with van der Waals surface area (Å²) in [5, 5.41) is 10.0. The second-order valence-corrected chi connectivity index (χ2v) is 7.68. The maximum absolute atomic E-state index is 12.9. The molecule has 0 aliphatic carbocycles. The molecule has 0 atom stereocenters. The zero-order chi connectivity index (χ0) is 20.0. The van der Waals surface area contributed by atoms with Gasteiger partial charge in [-0.3, -0.25) is 0 Å². The molecule has 1 aliphatic heterocycles. The molecule has 1 aliphatic rings. The summed E-state index contributed by atoms with van der Waals surface area (Å²) in [6.07, 6.45) is -2.35. The molecule has 0 spiro atoms. The number of guanidine groups is 1. The van der Waals surface area contributed by atoms with E-state index in [0.29, 0.717) is 24.1 Å². The first-order valence-corrected chi connectivity index (χ1v) is 10.3. The molecule has 0 unspecified atom stereocenters. The number of hydrogen-bond donors (Lipinski definition) is 2. The summed E-state index contributed by atoms with van der Waals surface area (Å²) in [5.74, 6) is 0.648. The quantitative estimate of drug-likeness (QED) is 0.564. The Morgan fingerprint density at radius 1 is 1.21 bits per heavy atom. The lowest BCUT2D eigenvalue weighted by atomic mass is 10.1. The van der Waals surface area contributed by atoms with Crippen LogP contribution in [0.1, 0.15) is 30.9 Å². The van der Waals surface area contributed by atoms with Crippen molar-refractivity contribution in [2.45, 2.75) is 38.5 Å². The molecule has 1 saturated heterocycles. The van der Waals surface area contributed by atoms with Crippen LogP contribution in [0.4, 0.5) is 18.2 Å². The molecule has 0 saturated carbocycles. The highest BCUT2D eigenvalue weighted by Gasteiger charge is 2.30. The van der Waals surface area contributed by atoms with Gasteiger partial charge in [0, 0.05) is 25.7 Å². The second-order valence-electron chi connectivity index (χ2n) is 6.75. The zero-order valence-electron chi connectivity index (χ0n) is 15.8. The Morgan fingerprint density at radius 3 is 2.64 bits per heavy atom. The van der Waals surface area contributed by atoms with Gasteiger partial charge in [-0.1, -0.05) is 12.1 Å². The maximum atomic E-state index is 12.9. The fraction of sp³-hybridized carbons (Fsp3) is 0.450. The van der Waals surface area contributed by atoms with Gasteiger partial charge < -0.3 is 15.5 Å². The van der Waals surface area contributed by atoms with Crippen LogP contribution in [0.15, 0.2) is 46.8 Å². The Labute approximate surface area is 167 Å². The molecule has 2 N–H and O–H groups in total. The Hall–Kier alpha value is -2.22. The number of hydrogen-bond acceptors (Lipinski definition) is 3. The number of rotatable bonds is 5. The Morgan fingerprint density at radius 2 is 2.00 bits per heavy atom. The summed E-state index contributed by atoms with van der Waals surface area (Å²) in [6, 6.07) is 9.84. The van der Waals surface area contributed by atoms with Crippen LogP contribution in [0.25, 0.3) is 0 Å². The molecule has 0 bridgehead atoms. The number of piperidine rings is 1. The zero-order valence-corrected chi connectivity index (χ0v) is 16.6. The van der Waals surface area contributed by atoms with Gasteiger partial charge in [-0.25, -0.2) is 4.99 Å². The van der Waals surface area contributed by atoms with E-state index in [1.807, 2.05) is 6.92 Å². The summed E-state index contributed by atoms with van der Waals surface area (Å²) >= 11 is 1.75. The van der Waals surface area contributed by atoms with Crippen LogP contribution < -0.4 is 15.5 Å². The highest BCUT2D eigenvalue weighted by Crippen LogP contribution is 2.29. The Balaban J connectivity index is 1.58. The SMILES string of the molecule is CCNC(=NCc1cccc(C(F)(F)F)c1)NC1CCN(c2cccs2)CC1. The molecular weight excluding hydrogens is 385 g/mol. The molecule has 4 nitrogen and oxygen atoms in total. The fourth-order valence-electron chi connectivity index (χ4n) is 3.22. The van der Waals surface area contributed by atoms with Crippen molar-refractivity contribution in [3.8, 4) is 0 Å². The normalized spacial score (nSPS) is 16.3. The minimum atomic E-state index is -4.33. The van der Waals surface area contributed by atoms with E-state index >= 15 is 0 Å². The fourth-order valence-corrected chi connectivity index (χ4v) is 4.01. The Kier molecular flexibility index (Phi) is 6.83. The molecule has 1 fully saturated rings. The molecule has 8 heteroatoms. The molecule has 1 aromatic heterocycles. The largest absolute Gasteiger partial charge is 0.416 e. The van der Waals surface area contributed by atoms with Gasteiger partial charge in [0.2, 0.25) is 0 Å². The van der Waals surface area contributed by atoms with Crippen LogP contribution in [0.2, 0.25) is 0 Å². The molecule has 28 heavy (non-hydrogen) atoms. The highest BCUT2D eigenvalue weighted by molar-refractivity contribution is 7.14. The van der Waals surface area contributed by atoms with Crippen LogP contribution >= 0.6 is 11.3 Å². The van der Waals surface area contributed by atoms with Crippen molar-refractivity contribution in [1.82, 2.24) is 10.6 Å². The smallest absolute Gasteiger partial charge is 0.363 e. The van der Waals surface area contributed by atoms with Gasteiger partial charge in [0.25, 0.3) is 0 Å². The van der Waals surface area contributed by atoms with Gasteiger partial charge in [0.05, 0.1) is 17.1 Å². The summed E-state index contributed by atoms with van der Waals surface area (Å²) in [6.45, 7) is 4.83. The third-order valence-corrected chi connectivity index (χ3v) is 5.60. The van der Waals surface area contributed by atoms with Crippen LogP contribution in [0, 0.1) is 0 Å². The number of benzene rings is 1. The van der Waals surface area contributed by atoms with E-state index in [1.54, 1.807) is 17.4 Å². The van der Waals surface area contributed by atoms with E-state index in [4.69, 9.17) is 0 Å². The predicted octanol–water partition coefficient (Wildman–Crippen LogP) is 4.49. The molecule has 3 rings (SSSR count). The second kappa shape index (κ2) is 9.32. The average Bonchev–Trinajstić information content (AvgIpc) is 3.21. The van der Waals surface area contributed by atoms with E-state index in [2.05, 4.69) is 38.0 Å². The topological polar surface area (TPSA) is 39.7 Å². The Bertz CT molecular complexity index is 766. The van der Waals surface area contributed by atoms with Crippen LogP contribution in [-0.4, -0.2) is 31.6 Å². The number of nitrogens with one attached hydrogen (secondary N) is 2. The predicted molar refractivity (Wildman–Crippen MR) is 109 cm³/mol. The average molecular weight is 411 g/mol. The van der Waals surface area contributed by atoms with E-state index in [0.717, 1.165) is 38.1 Å². The van der Waals surface area contributed by atoms with Gasteiger partial charge in [-0.2, -0.15) is 13.2 Å². The molecule has 152 valence electrons. The summed E-state index contributed by atoms with van der Waals surface area (Å²) in [7, 11) is 0. The van der Waals surface area contributed by atoms with Crippen molar-refractivity contribution in [2.75, 3.05) is 24.5 Å². The van der Waals surface area contributed by atoms with Crippen molar-refractivity contribution in [2.24, 2.45) is 4.99 Å². The van der Waals surface area contributed by atoms with Crippen molar-refractivity contribution in [1.29, 1.82) is 0 Å². The maximum Gasteiger partial charge on any atom is 0.416 e. The van der Waals surface area contributed by atoms with Gasteiger partial charge in [0.1, 0.15) is 0 Å².